The molecule has 1 fully saturated rings. The first-order valence-corrected chi connectivity index (χ1v) is 14.4. The van der Waals surface area contributed by atoms with Gasteiger partial charge in [-0.3, -0.25) is 9.59 Å². The van der Waals surface area contributed by atoms with E-state index in [-0.39, 0.29) is 13.1 Å². The third kappa shape index (κ3) is 6.65. The van der Waals surface area contributed by atoms with Crippen molar-refractivity contribution in [3.8, 4) is 0 Å². The minimum absolute atomic E-state index is 0.238. The third-order valence-electron chi connectivity index (χ3n) is 5.42. The summed E-state index contributed by atoms with van der Waals surface area (Å²) in [7, 11) is -3.53. The fraction of sp³-hybridized carbons (Fsp3) is 0.250. The highest BCUT2D eigenvalue weighted by molar-refractivity contribution is 7.99. The first-order chi connectivity index (χ1) is 16.8. The molecule has 11 heteroatoms. The van der Waals surface area contributed by atoms with E-state index in [0.717, 1.165) is 9.79 Å². The van der Waals surface area contributed by atoms with Crippen LogP contribution in [0.15, 0.2) is 80.0 Å². The van der Waals surface area contributed by atoms with Crippen molar-refractivity contribution in [1.82, 2.24) is 4.31 Å². The Balaban J connectivity index is 1.27. The normalized spacial score (nSPS) is 15.0. The van der Waals surface area contributed by atoms with E-state index in [0.29, 0.717) is 27.8 Å². The molecular weight excluding hydrogens is 528 g/mol. The Morgan fingerprint density at radius 2 is 1.77 bits per heavy atom. The van der Waals surface area contributed by atoms with Crippen LogP contribution >= 0.6 is 34.7 Å². The number of halogens is 1. The molecule has 0 saturated carbocycles. The smallest absolute Gasteiger partial charge is 0.309 e. The molecule has 1 aliphatic heterocycles. The van der Waals surface area contributed by atoms with Gasteiger partial charge >= 0.3 is 5.97 Å². The summed E-state index contributed by atoms with van der Waals surface area (Å²) in [4.78, 5) is 26.8. The Morgan fingerprint density at radius 1 is 1.06 bits per heavy atom. The second-order valence-corrected chi connectivity index (χ2v) is 12.5. The zero-order chi connectivity index (χ0) is 24.8. The number of hydrogen-bond acceptors (Lipinski definition) is 7. The molecule has 1 saturated heterocycles. The molecule has 0 radical (unpaired) electrons. The molecule has 1 N–H and O–H groups in total. The van der Waals surface area contributed by atoms with Crippen LogP contribution in [0.2, 0.25) is 5.02 Å². The monoisotopic (exact) mass is 550 g/mol. The highest BCUT2D eigenvalue weighted by Gasteiger charge is 2.33. The Kier molecular flexibility index (Phi) is 8.51. The van der Waals surface area contributed by atoms with Crippen molar-refractivity contribution in [3.63, 3.8) is 0 Å². The Labute approximate surface area is 217 Å². The number of amides is 1. The second kappa shape index (κ2) is 11.6. The van der Waals surface area contributed by atoms with E-state index in [1.54, 1.807) is 35.7 Å². The summed E-state index contributed by atoms with van der Waals surface area (Å²) in [5.74, 6) is -1.37. The number of piperidine rings is 1. The Bertz CT molecular complexity index is 1270. The summed E-state index contributed by atoms with van der Waals surface area (Å²) in [5, 5.41) is 5.16. The van der Waals surface area contributed by atoms with Gasteiger partial charge in [0.25, 0.3) is 15.9 Å². The molecule has 4 rings (SSSR count). The summed E-state index contributed by atoms with van der Waals surface area (Å²) >= 11 is 8.59. The lowest BCUT2D eigenvalue weighted by atomic mass is 9.98. The van der Waals surface area contributed by atoms with Gasteiger partial charge < -0.3 is 10.1 Å². The van der Waals surface area contributed by atoms with Gasteiger partial charge in [-0.05, 0) is 60.7 Å². The average molecular weight is 551 g/mol. The quantitative estimate of drug-likeness (QED) is 0.391. The summed E-state index contributed by atoms with van der Waals surface area (Å²) in [6, 6.07) is 18.0. The van der Waals surface area contributed by atoms with E-state index < -0.39 is 34.4 Å². The summed E-state index contributed by atoms with van der Waals surface area (Å²) in [6.45, 7) is 0.0650. The lowest BCUT2D eigenvalue weighted by Crippen LogP contribution is -2.40. The van der Waals surface area contributed by atoms with E-state index in [4.69, 9.17) is 16.3 Å². The van der Waals surface area contributed by atoms with Crippen molar-refractivity contribution in [3.05, 3.63) is 71.1 Å². The van der Waals surface area contributed by atoms with Crippen LogP contribution in [-0.4, -0.2) is 44.3 Å². The number of esters is 1. The fourth-order valence-electron chi connectivity index (χ4n) is 3.60. The van der Waals surface area contributed by atoms with Crippen LogP contribution in [-0.2, 0) is 24.3 Å². The molecule has 2 aromatic carbocycles. The minimum Gasteiger partial charge on any atom is -0.455 e. The average Bonchev–Trinajstić information content (AvgIpc) is 3.41. The molecule has 7 nitrogen and oxygen atoms in total. The molecule has 0 bridgehead atoms. The molecule has 0 atom stereocenters. The number of anilines is 1. The Hall–Kier alpha value is -2.37. The maximum absolute atomic E-state index is 12.6. The van der Waals surface area contributed by atoms with Gasteiger partial charge in [-0.25, -0.2) is 8.42 Å². The third-order valence-corrected chi connectivity index (χ3v) is 10.0. The van der Waals surface area contributed by atoms with E-state index in [1.807, 2.05) is 30.3 Å². The van der Waals surface area contributed by atoms with Crippen LogP contribution < -0.4 is 5.32 Å². The first-order valence-electron chi connectivity index (χ1n) is 10.9. The van der Waals surface area contributed by atoms with E-state index in [1.165, 1.54) is 27.4 Å². The van der Waals surface area contributed by atoms with Crippen molar-refractivity contribution in [2.75, 3.05) is 25.0 Å². The van der Waals surface area contributed by atoms with Crippen LogP contribution in [0.3, 0.4) is 0 Å². The van der Waals surface area contributed by atoms with E-state index >= 15 is 0 Å². The summed E-state index contributed by atoms with van der Waals surface area (Å²) in [6.07, 6.45) is 0.706. The van der Waals surface area contributed by atoms with Gasteiger partial charge in [-0.1, -0.05) is 41.6 Å². The lowest BCUT2D eigenvalue weighted by molar-refractivity contribution is -0.152. The van der Waals surface area contributed by atoms with Gasteiger partial charge in [0.15, 0.2) is 6.61 Å². The summed E-state index contributed by atoms with van der Waals surface area (Å²) in [5.41, 5.74) is 0.612. The number of ether oxygens (including phenoxy) is 1. The molecule has 2 heterocycles. The molecule has 0 spiro atoms. The highest BCUT2D eigenvalue weighted by Crippen LogP contribution is 2.34. The minimum atomic E-state index is -3.53. The fourth-order valence-corrected chi connectivity index (χ4v) is 7.24. The molecule has 35 heavy (non-hydrogen) atoms. The number of rotatable bonds is 8. The second-order valence-electron chi connectivity index (χ2n) is 7.82. The zero-order valence-corrected chi connectivity index (χ0v) is 21.8. The predicted molar refractivity (Wildman–Crippen MR) is 137 cm³/mol. The number of benzene rings is 2. The SMILES string of the molecule is O=C(COC(=O)C1CCN(S(=O)(=O)c2cccs2)CC1)Nc1ccccc1Sc1ccc(Cl)cc1. The van der Waals surface area contributed by atoms with Gasteiger partial charge in [0, 0.05) is 27.9 Å². The zero-order valence-electron chi connectivity index (χ0n) is 18.6. The van der Waals surface area contributed by atoms with Crippen LogP contribution in [0.1, 0.15) is 12.8 Å². The van der Waals surface area contributed by atoms with Gasteiger partial charge in [-0.2, -0.15) is 4.31 Å². The molecular formula is C24H23ClN2O5S3. The molecule has 1 aliphatic rings. The number of carbonyl (C=O) groups excluding carboxylic acids is 2. The van der Waals surface area contributed by atoms with Crippen LogP contribution in [0, 0.1) is 5.92 Å². The topological polar surface area (TPSA) is 92.8 Å². The molecule has 0 unspecified atom stereocenters. The number of para-hydroxylation sites is 1. The maximum atomic E-state index is 12.6. The number of carbonyl (C=O) groups is 2. The number of thiophene rings is 1. The van der Waals surface area contributed by atoms with Crippen molar-refractivity contribution < 1.29 is 22.7 Å². The number of hydrogen-bond donors (Lipinski definition) is 1. The molecule has 3 aromatic rings. The van der Waals surface area contributed by atoms with Crippen molar-refractivity contribution >= 4 is 62.3 Å². The number of nitrogens with one attached hydrogen (secondary N) is 1. The van der Waals surface area contributed by atoms with Gasteiger partial charge in [0.2, 0.25) is 0 Å². The van der Waals surface area contributed by atoms with Crippen molar-refractivity contribution in [1.29, 1.82) is 0 Å². The van der Waals surface area contributed by atoms with Gasteiger partial charge in [0.05, 0.1) is 11.6 Å². The van der Waals surface area contributed by atoms with Crippen LogP contribution in [0.25, 0.3) is 0 Å². The van der Waals surface area contributed by atoms with Crippen molar-refractivity contribution in [2.45, 2.75) is 26.8 Å². The first kappa shape index (κ1) is 25.7. The van der Waals surface area contributed by atoms with Gasteiger partial charge in [0.1, 0.15) is 4.21 Å². The molecule has 1 aromatic heterocycles. The maximum Gasteiger partial charge on any atom is 0.309 e. The van der Waals surface area contributed by atoms with Crippen LogP contribution in [0.5, 0.6) is 0 Å². The highest BCUT2D eigenvalue weighted by atomic mass is 35.5. The van der Waals surface area contributed by atoms with Gasteiger partial charge in [-0.15, -0.1) is 11.3 Å². The standard InChI is InChI=1S/C24H23ClN2O5S3/c25-18-7-9-19(10-8-18)34-21-5-2-1-4-20(21)26-22(28)16-32-24(29)17-11-13-27(14-12-17)35(30,31)23-6-3-15-33-23/h1-10,15,17H,11-14,16H2,(H,26,28). The van der Waals surface area contributed by atoms with Crippen LogP contribution in [0.4, 0.5) is 5.69 Å². The number of sulfonamides is 1. The molecule has 0 aliphatic carbocycles. The molecule has 1 amide bonds. The Morgan fingerprint density at radius 3 is 2.46 bits per heavy atom. The van der Waals surface area contributed by atoms with E-state index in [9.17, 15) is 18.0 Å². The largest absolute Gasteiger partial charge is 0.455 e. The predicted octanol–water partition coefficient (Wildman–Crippen LogP) is 5.14. The molecule has 184 valence electrons. The van der Waals surface area contributed by atoms with Crippen molar-refractivity contribution in [2.24, 2.45) is 5.92 Å². The lowest BCUT2D eigenvalue weighted by Gasteiger charge is -2.29. The summed E-state index contributed by atoms with van der Waals surface area (Å²) < 4.78 is 32.2. The van der Waals surface area contributed by atoms with E-state index in [2.05, 4.69) is 5.32 Å². The number of nitrogens with zero attached hydrogens (tertiary/aromatic N) is 1.